The summed E-state index contributed by atoms with van der Waals surface area (Å²) in [5, 5.41) is 34.6. The maximum atomic E-state index is 11.3. The predicted octanol–water partition coefficient (Wildman–Crippen LogP) is 3.04. The van der Waals surface area contributed by atoms with Crippen LogP contribution in [0, 0.1) is 19.3 Å². The Morgan fingerprint density at radius 2 is 1.60 bits per heavy atom. The first-order valence-electron chi connectivity index (χ1n) is 14.4. The molecule has 45 heavy (non-hydrogen) atoms. The Morgan fingerprint density at radius 1 is 0.956 bits per heavy atom. The summed E-state index contributed by atoms with van der Waals surface area (Å²) < 4.78 is 5.43. The number of aliphatic hydroxyl groups excluding tert-OH is 1. The van der Waals surface area contributed by atoms with Crippen LogP contribution in [-0.4, -0.2) is 77.7 Å². The van der Waals surface area contributed by atoms with Crippen molar-refractivity contribution in [2.24, 2.45) is 11.0 Å². The van der Waals surface area contributed by atoms with Gasteiger partial charge in [-0.25, -0.2) is 9.59 Å². The standard InChI is InChI=1S/C17H22N3O6.C15H22NO2.Co/c1-11(2)15(21)18-8-10-26-9-7-12-3-5-13(6-4-12)19-20-14(16(22)23)17(24)25;1-2-13(14-7-4-3-5-8-14)9-6-10-15(18)16-11-12-17;/h3-6,11,19H,1,7-10H2,2H3,(H,18,21)(H,22,23)(H,24,25);3-5,7-8,10,13,17H,2,6,9,11-12H2,1H3,(H,16,18);/q2*-1;+2. The number of aliphatic carboxylic acids is 2. The number of hydrazone groups is 1. The van der Waals surface area contributed by atoms with E-state index in [4.69, 9.17) is 20.1 Å². The van der Waals surface area contributed by atoms with Crippen molar-refractivity contribution in [3.05, 3.63) is 79.1 Å². The molecule has 2 aromatic carbocycles. The van der Waals surface area contributed by atoms with Crippen molar-refractivity contribution >= 4 is 35.2 Å². The Labute approximate surface area is 275 Å². The summed E-state index contributed by atoms with van der Waals surface area (Å²) in [5.41, 5.74) is 4.16. The molecule has 2 atom stereocenters. The van der Waals surface area contributed by atoms with Crippen LogP contribution in [0.2, 0.25) is 0 Å². The number of carboxylic acid groups (broad SMARTS) is 2. The van der Waals surface area contributed by atoms with Crippen LogP contribution in [0.5, 0.6) is 0 Å². The predicted molar refractivity (Wildman–Crippen MR) is 168 cm³/mol. The number of hydrogen-bond donors (Lipinski definition) is 6. The average Bonchev–Trinajstić information content (AvgIpc) is 3.01. The fraction of sp³-hybridized carbons (Fsp3) is 0.406. The molecule has 2 rings (SSSR count). The van der Waals surface area contributed by atoms with Crippen LogP contribution >= 0.6 is 0 Å². The quantitative estimate of drug-likeness (QED) is 0.0429. The molecule has 0 aliphatic carbocycles. The van der Waals surface area contributed by atoms with Gasteiger partial charge in [0.15, 0.2) is 5.91 Å². The van der Waals surface area contributed by atoms with E-state index >= 15 is 0 Å². The maximum absolute atomic E-state index is 11.3. The monoisotopic (exact) mass is 671 g/mol. The third kappa shape index (κ3) is 18.5. The molecule has 6 N–H and O–H groups in total. The summed E-state index contributed by atoms with van der Waals surface area (Å²) in [4.78, 5) is 44.0. The second-order valence-electron chi connectivity index (χ2n) is 9.75. The number of carboxylic acids is 2. The zero-order chi connectivity index (χ0) is 32.7. The van der Waals surface area contributed by atoms with Crippen LogP contribution in [-0.2, 0) is 47.1 Å². The maximum Gasteiger partial charge on any atom is 2.00 e. The number of ether oxygens (including phenoxy) is 1. The van der Waals surface area contributed by atoms with Gasteiger partial charge in [0, 0.05) is 13.1 Å². The number of carbonyl (C=O) groups is 4. The van der Waals surface area contributed by atoms with E-state index < -0.39 is 17.7 Å². The number of nitrogens with zero attached hydrogens (tertiary/aromatic N) is 1. The molecule has 0 fully saturated rings. The molecule has 0 bridgehead atoms. The summed E-state index contributed by atoms with van der Waals surface area (Å²) in [7, 11) is 0. The topological polar surface area (TPSA) is 187 Å². The molecule has 13 heteroatoms. The van der Waals surface area contributed by atoms with Gasteiger partial charge in [0.2, 0.25) is 0 Å². The molecule has 0 aliphatic rings. The molecule has 1 radical (unpaired) electrons. The van der Waals surface area contributed by atoms with Gasteiger partial charge >= 0.3 is 28.7 Å². The van der Waals surface area contributed by atoms with Crippen LogP contribution in [0.4, 0.5) is 5.69 Å². The van der Waals surface area contributed by atoms with Crippen molar-refractivity contribution in [3.63, 3.8) is 0 Å². The minimum Gasteiger partial charge on any atom is -0.476 e. The van der Waals surface area contributed by atoms with Gasteiger partial charge in [0.05, 0.1) is 31.4 Å². The summed E-state index contributed by atoms with van der Waals surface area (Å²) in [6, 6.07) is 17.3. The van der Waals surface area contributed by atoms with Crippen LogP contribution in [0.25, 0.3) is 0 Å². The van der Waals surface area contributed by atoms with Crippen molar-refractivity contribution in [3.8, 4) is 0 Å². The van der Waals surface area contributed by atoms with Crippen LogP contribution in [0.1, 0.15) is 50.2 Å². The first kappa shape index (κ1) is 41.1. The van der Waals surface area contributed by atoms with E-state index in [1.165, 1.54) is 5.56 Å². The Kier molecular flexibility index (Phi) is 22.3. The van der Waals surface area contributed by atoms with Crippen molar-refractivity contribution in [1.29, 1.82) is 0 Å². The molecule has 2 amide bonds. The van der Waals surface area contributed by atoms with Crippen molar-refractivity contribution in [2.75, 3.05) is 38.3 Å². The Balaban J connectivity index is 0.000000895. The molecular formula is C32H44CoN4O8. The van der Waals surface area contributed by atoms with Crippen LogP contribution in [0.15, 0.2) is 59.7 Å². The van der Waals surface area contributed by atoms with E-state index in [-0.39, 0.29) is 41.1 Å². The number of carbonyl (C=O) groups excluding carboxylic acids is 2. The molecule has 0 aromatic heterocycles. The number of hydrogen-bond acceptors (Lipinski definition) is 8. The van der Waals surface area contributed by atoms with Gasteiger partial charge in [0.1, 0.15) is 0 Å². The minimum atomic E-state index is -1.63. The summed E-state index contributed by atoms with van der Waals surface area (Å²) in [5.74, 6) is -3.25. The van der Waals surface area contributed by atoms with Crippen molar-refractivity contribution < 1.29 is 56.0 Å². The Hall–Kier alpha value is -3.91. The first-order chi connectivity index (χ1) is 21.1. The third-order valence-corrected chi connectivity index (χ3v) is 6.20. The van der Waals surface area contributed by atoms with Gasteiger partial charge < -0.3 is 48.8 Å². The molecule has 2 aromatic rings. The zero-order valence-electron chi connectivity index (χ0n) is 25.7. The van der Waals surface area contributed by atoms with Crippen LogP contribution in [0.3, 0.4) is 0 Å². The second kappa shape index (κ2) is 24.4. The number of benzene rings is 2. The van der Waals surface area contributed by atoms with Crippen LogP contribution < -0.4 is 16.1 Å². The fourth-order valence-corrected chi connectivity index (χ4v) is 3.76. The van der Waals surface area contributed by atoms with Gasteiger partial charge in [-0.05, 0) is 42.0 Å². The molecule has 0 heterocycles. The zero-order valence-corrected chi connectivity index (χ0v) is 26.7. The third-order valence-electron chi connectivity index (χ3n) is 6.20. The van der Waals surface area contributed by atoms with Gasteiger partial charge in [-0.2, -0.15) is 11.5 Å². The average molecular weight is 672 g/mol. The fourth-order valence-electron chi connectivity index (χ4n) is 3.76. The summed E-state index contributed by atoms with van der Waals surface area (Å²) in [6.45, 7) is 9.11. The first-order valence-corrected chi connectivity index (χ1v) is 14.4. The number of aliphatic hydroxyl groups is 1. The molecule has 249 valence electrons. The van der Waals surface area contributed by atoms with Gasteiger partial charge in [-0.15, -0.1) is 0 Å². The van der Waals surface area contributed by atoms with Gasteiger partial charge in [0.25, 0.3) is 5.71 Å². The van der Waals surface area contributed by atoms with E-state index in [1.54, 1.807) is 37.6 Å². The van der Waals surface area contributed by atoms with E-state index in [0.29, 0.717) is 44.3 Å². The van der Waals surface area contributed by atoms with Crippen molar-refractivity contribution in [2.45, 2.75) is 45.4 Å². The molecule has 0 spiro atoms. The van der Waals surface area contributed by atoms with Gasteiger partial charge in [-0.1, -0.05) is 68.7 Å². The largest absolute Gasteiger partial charge is 2.00 e. The molecular weight excluding hydrogens is 627 g/mol. The molecule has 0 aliphatic heterocycles. The normalized spacial score (nSPS) is 11.3. The van der Waals surface area contributed by atoms with Gasteiger partial charge in [-0.3, -0.25) is 10.2 Å². The van der Waals surface area contributed by atoms with E-state index in [0.717, 1.165) is 24.8 Å². The molecule has 2 unspecified atom stereocenters. The Morgan fingerprint density at radius 3 is 2.16 bits per heavy atom. The number of rotatable bonds is 19. The van der Waals surface area contributed by atoms with E-state index in [9.17, 15) is 19.2 Å². The number of nitrogens with one attached hydrogen (secondary N) is 3. The smallest absolute Gasteiger partial charge is 0.476 e. The number of anilines is 1. The molecule has 12 nitrogen and oxygen atoms in total. The van der Waals surface area contributed by atoms with E-state index in [2.05, 4.69) is 59.3 Å². The second-order valence-corrected chi connectivity index (χ2v) is 9.75. The summed E-state index contributed by atoms with van der Waals surface area (Å²) >= 11 is 0. The Bertz CT molecular complexity index is 1160. The van der Waals surface area contributed by atoms with E-state index in [1.807, 2.05) is 6.07 Å². The molecule has 0 saturated heterocycles. The molecule has 0 saturated carbocycles. The minimum absolute atomic E-state index is 0. The summed E-state index contributed by atoms with van der Waals surface area (Å²) in [6.07, 6.45) is 5.15. The number of amides is 2. The van der Waals surface area contributed by atoms with Crippen molar-refractivity contribution in [1.82, 2.24) is 10.6 Å². The SMILES string of the molecule is CCC(CC[CH-]C(=O)NCCO)c1ccccc1.[CH2-]C(C)C(=O)NCCOCCc1ccc(NN=C(C(=O)O)C(=O)O)cc1.[Co+2].